The zero-order valence-electron chi connectivity index (χ0n) is 22.1. The van der Waals surface area contributed by atoms with Gasteiger partial charge in [-0.1, -0.05) is 13.0 Å². The number of benzene rings is 2. The molecule has 1 unspecified atom stereocenters. The summed E-state index contributed by atoms with van der Waals surface area (Å²) in [4.78, 5) is 39.1. The largest absolute Gasteiger partial charge is 0.462 e. The highest BCUT2D eigenvalue weighted by Crippen LogP contribution is 2.40. The molecule has 0 saturated carbocycles. The highest BCUT2D eigenvalue weighted by Gasteiger charge is 2.29. The number of fused-ring (bicyclic) bond motifs is 1. The van der Waals surface area contributed by atoms with E-state index in [9.17, 15) is 14.4 Å². The molecular formula is C29H31N3O4S3. The number of rotatable bonds is 9. The molecule has 1 amide bonds. The minimum atomic E-state index is -0.370. The first kappa shape index (κ1) is 28.8. The van der Waals surface area contributed by atoms with E-state index in [1.165, 1.54) is 30.0 Å². The van der Waals surface area contributed by atoms with E-state index in [-0.39, 0.29) is 23.4 Å². The van der Waals surface area contributed by atoms with Crippen LogP contribution in [-0.4, -0.2) is 35.1 Å². The number of esters is 1. The number of anilines is 3. The van der Waals surface area contributed by atoms with Crippen molar-refractivity contribution in [1.29, 1.82) is 0 Å². The van der Waals surface area contributed by atoms with Gasteiger partial charge in [-0.2, -0.15) is 0 Å². The Morgan fingerprint density at radius 2 is 1.82 bits per heavy atom. The number of amides is 1. The van der Waals surface area contributed by atoms with Gasteiger partial charge in [-0.25, -0.2) is 4.79 Å². The SMILES string of the molecule is CCOC(=O)c1c(NC(=O)CSc2cccc(NC(=S)Nc3ccc(C(C)=O)cc3)c2)sc2c1CCC(C)C2. The number of hydrogen-bond acceptors (Lipinski definition) is 7. The summed E-state index contributed by atoms with van der Waals surface area (Å²) in [5.74, 6) is 0.207. The van der Waals surface area contributed by atoms with Crippen molar-refractivity contribution < 1.29 is 19.1 Å². The van der Waals surface area contributed by atoms with Gasteiger partial charge in [-0.15, -0.1) is 23.1 Å². The summed E-state index contributed by atoms with van der Waals surface area (Å²) in [7, 11) is 0. The molecule has 7 nitrogen and oxygen atoms in total. The monoisotopic (exact) mass is 581 g/mol. The molecule has 1 atom stereocenters. The molecule has 0 radical (unpaired) electrons. The van der Waals surface area contributed by atoms with Crippen LogP contribution in [-0.2, 0) is 22.4 Å². The zero-order chi connectivity index (χ0) is 27.9. The number of thiocarbonyl (C=S) groups is 1. The fraction of sp³-hybridized carbons (Fsp3) is 0.310. The molecule has 1 heterocycles. The van der Waals surface area contributed by atoms with Crippen molar-refractivity contribution in [3.8, 4) is 0 Å². The molecule has 0 saturated heterocycles. The Morgan fingerprint density at radius 1 is 1.08 bits per heavy atom. The predicted molar refractivity (Wildman–Crippen MR) is 164 cm³/mol. The second-order valence-corrected chi connectivity index (χ2v) is 11.9. The lowest BCUT2D eigenvalue weighted by molar-refractivity contribution is -0.113. The van der Waals surface area contributed by atoms with Crippen LogP contribution in [0.1, 0.15) is 58.3 Å². The van der Waals surface area contributed by atoms with Crippen LogP contribution in [0.4, 0.5) is 16.4 Å². The van der Waals surface area contributed by atoms with Crippen molar-refractivity contribution in [2.45, 2.75) is 44.9 Å². The molecule has 2 aromatic carbocycles. The number of thiophene rings is 1. The van der Waals surface area contributed by atoms with E-state index in [2.05, 4.69) is 22.9 Å². The van der Waals surface area contributed by atoms with E-state index in [4.69, 9.17) is 17.0 Å². The standard InChI is InChI=1S/C29H31N3O4S3/c1-4-36-28(35)26-23-13-8-17(2)14-24(23)39-27(26)32-25(34)16-38-22-7-5-6-21(15-22)31-29(37)30-20-11-9-19(10-12-20)18(3)33/h5-7,9-12,15,17H,4,8,13-14,16H2,1-3H3,(H,32,34)(H2,30,31,37). The number of Topliss-reactive ketones (excluding diaryl/α,β-unsaturated/α-hetero) is 1. The molecule has 39 heavy (non-hydrogen) atoms. The second-order valence-electron chi connectivity index (χ2n) is 9.35. The van der Waals surface area contributed by atoms with Gasteiger partial charge in [-0.3, -0.25) is 9.59 Å². The molecule has 3 aromatic rings. The Kier molecular flexibility index (Phi) is 9.77. The van der Waals surface area contributed by atoms with Crippen molar-refractivity contribution >= 4 is 74.5 Å². The fourth-order valence-corrected chi connectivity index (χ4v) is 6.72. The molecular weight excluding hydrogens is 551 g/mol. The zero-order valence-corrected chi connectivity index (χ0v) is 24.5. The van der Waals surface area contributed by atoms with Gasteiger partial charge in [0.05, 0.1) is 17.9 Å². The van der Waals surface area contributed by atoms with Crippen molar-refractivity contribution in [3.05, 3.63) is 70.1 Å². The molecule has 1 aliphatic carbocycles. The summed E-state index contributed by atoms with van der Waals surface area (Å²) < 4.78 is 5.30. The van der Waals surface area contributed by atoms with Crippen molar-refractivity contribution in [3.63, 3.8) is 0 Å². The van der Waals surface area contributed by atoms with Crippen LogP contribution in [0.2, 0.25) is 0 Å². The van der Waals surface area contributed by atoms with Crippen LogP contribution in [0, 0.1) is 5.92 Å². The minimum absolute atomic E-state index is 0.00817. The summed E-state index contributed by atoms with van der Waals surface area (Å²) in [6.07, 6.45) is 2.76. The van der Waals surface area contributed by atoms with E-state index in [1.807, 2.05) is 24.3 Å². The van der Waals surface area contributed by atoms with Crippen LogP contribution in [0.15, 0.2) is 53.4 Å². The maximum Gasteiger partial charge on any atom is 0.341 e. The minimum Gasteiger partial charge on any atom is -0.462 e. The summed E-state index contributed by atoms with van der Waals surface area (Å²) in [5, 5.41) is 10.2. The van der Waals surface area contributed by atoms with E-state index < -0.39 is 0 Å². The van der Waals surface area contributed by atoms with Crippen LogP contribution < -0.4 is 16.0 Å². The molecule has 204 valence electrons. The van der Waals surface area contributed by atoms with Gasteiger partial charge in [0.2, 0.25) is 5.91 Å². The molecule has 0 spiro atoms. The third-order valence-electron chi connectivity index (χ3n) is 6.26. The summed E-state index contributed by atoms with van der Waals surface area (Å²) in [5.41, 5.74) is 3.73. The van der Waals surface area contributed by atoms with Crippen molar-refractivity contribution in [2.24, 2.45) is 5.92 Å². The van der Waals surface area contributed by atoms with Crippen molar-refractivity contribution in [1.82, 2.24) is 0 Å². The lowest BCUT2D eigenvalue weighted by Crippen LogP contribution is -2.19. The Bertz CT molecular complexity index is 1380. The number of ketones is 1. The fourth-order valence-electron chi connectivity index (χ4n) is 4.31. The van der Waals surface area contributed by atoms with Gasteiger partial charge in [-0.05, 0) is 99.3 Å². The molecule has 10 heteroatoms. The Morgan fingerprint density at radius 3 is 2.54 bits per heavy atom. The molecule has 1 aromatic heterocycles. The lowest BCUT2D eigenvalue weighted by Gasteiger charge is -2.18. The second kappa shape index (κ2) is 13.2. The van der Waals surface area contributed by atoms with E-state index in [1.54, 1.807) is 31.2 Å². The van der Waals surface area contributed by atoms with E-state index in [0.717, 1.165) is 46.0 Å². The Labute approximate surface area is 242 Å². The molecule has 0 bridgehead atoms. The third kappa shape index (κ3) is 7.68. The molecule has 0 aliphatic heterocycles. The Hall–Kier alpha value is -3.21. The topological polar surface area (TPSA) is 96.5 Å². The smallest absolute Gasteiger partial charge is 0.341 e. The molecule has 0 fully saturated rings. The quantitative estimate of drug-likeness (QED) is 0.110. The molecule has 4 rings (SSSR count). The third-order valence-corrected chi connectivity index (χ3v) is 8.62. The summed E-state index contributed by atoms with van der Waals surface area (Å²) in [6.45, 7) is 5.81. The number of carbonyl (C=O) groups is 3. The van der Waals surface area contributed by atoms with Gasteiger partial charge in [0.25, 0.3) is 0 Å². The van der Waals surface area contributed by atoms with Gasteiger partial charge in [0, 0.05) is 26.7 Å². The highest BCUT2D eigenvalue weighted by atomic mass is 32.2. The van der Waals surface area contributed by atoms with Crippen LogP contribution in [0.25, 0.3) is 0 Å². The Balaban J connectivity index is 1.35. The van der Waals surface area contributed by atoms with Crippen LogP contribution in [0.5, 0.6) is 0 Å². The summed E-state index contributed by atoms with van der Waals surface area (Å²) in [6, 6.07) is 14.7. The van der Waals surface area contributed by atoms with E-state index in [0.29, 0.717) is 33.8 Å². The van der Waals surface area contributed by atoms with Gasteiger partial charge < -0.3 is 20.7 Å². The summed E-state index contributed by atoms with van der Waals surface area (Å²) >= 11 is 8.31. The lowest BCUT2D eigenvalue weighted by atomic mass is 9.88. The molecule has 3 N–H and O–H groups in total. The highest BCUT2D eigenvalue weighted by molar-refractivity contribution is 8.00. The van der Waals surface area contributed by atoms with Crippen LogP contribution >= 0.6 is 35.3 Å². The number of carbonyl (C=O) groups excluding carboxylic acids is 3. The number of nitrogens with one attached hydrogen (secondary N) is 3. The first-order valence-electron chi connectivity index (χ1n) is 12.8. The maximum atomic E-state index is 12.9. The normalized spacial score (nSPS) is 14.2. The van der Waals surface area contributed by atoms with Crippen LogP contribution in [0.3, 0.4) is 0 Å². The maximum absolute atomic E-state index is 12.9. The average molecular weight is 582 g/mol. The van der Waals surface area contributed by atoms with Gasteiger partial charge >= 0.3 is 5.97 Å². The van der Waals surface area contributed by atoms with E-state index >= 15 is 0 Å². The number of hydrogen-bond donors (Lipinski definition) is 3. The first-order chi connectivity index (χ1) is 18.7. The van der Waals surface area contributed by atoms with Crippen molar-refractivity contribution in [2.75, 3.05) is 28.3 Å². The predicted octanol–water partition coefficient (Wildman–Crippen LogP) is 6.79. The van der Waals surface area contributed by atoms with Gasteiger partial charge in [0.15, 0.2) is 10.9 Å². The average Bonchev–Trinajstić information content (AvgIpc) is 3.24. The molecule has 1 aliphatic rings. The first-order valence-corrected chi connectivity index (χ1v) is 15.0. The number of ether oxygens (including phenoxy) is 1. The van der Waals surface area contributed by atoms with Gasteiger partial charge in [0.1, 0.15) is 5.00 Å². The number of thioether (sulfide) groups is 1.